The summed E-state index contributed by atoms with van der Waals surface area (Å²) in [7, 11) is 0. The van der Waals surface area contributed by atoms with Crippen LogP contribution in [0.3, 0.4) is 0 Å². The van der Waals surface area contributed by atoms with Crippen LogP contribution in [0.1, 0.15) is 60.2 Å². The Morgan fingerprint density at radius 3 is 2.69 bits per heavy atom. The van der Waals surface area contributed by atoms with Crippen LogP contribution in [0.4, 0.5) is 0 Å². The zero-order valence-electron chi connectivity index (χ0n) is 19.9. The Morgan fingerprint density at radius 1 is 1.25 bits per heavy atom. The molecular weight excluding hydrogens is 496 g/mol. The molecule has 11 nitrogen and oxygen atoms in total. The number of allylic oxidation sites excluding steroid dienone is 1. The lowest BCUT2D eigenvalue weighted by atomic mass is 9.75. The van der Waals surface area contributed by atoms with Gasteiger partial charge in [0, 0.05) is 31.9 Å². The van der Waals surface area contributed by atoms with Gasteiger partial charge in [-0.15, -0.1) is 0 Å². The Balaban J connectivity index is 1.66. The molecule has 0 saturated carbocycles. The summed E-state index contributed by atoms with van der Waals surface area (Å²) in [5.74, 6) is -3.73. The number of ether oxygens (including phenoxy) is 4. The summed E-state index contributed by atoms with van der Waals surface area (Å²) in [6.07, 6.45) is 3.32. The maximum Gasteiger partial charge on any atom is 0.271 e. The Kier molecular flexibility index (Phi) is 7.53. The van der Waals surface area contributed by atoms with Crippen LogP contribution >= 0.6 is 11.6 Å². The number of halogens is 1. The molecule has 1 unspecified atom stereocenters. The predicted octanol–water partition coefficient (Wildman–Crippen LogP) is 2.41. The highest BCUT2D eigenvalue weighted by Crippen LogP contribution is 2.52. The van der Waals surface area contributed by atoms with E-state index in [9.17, 15) is 24.3 Å². The SMILES string of the molecule is CC(=O)NNC(=O)c1cc(OCCOC2CCCCO2)c2c(c1Cl)O[C@]1(C2=O)C(O)=CC(=O)C[C@H]1C. The molecule has 0 radical (unpaired) electrons. The quantitative estimate of drug-likeness (QED) is 0.378. The molecule has 0 aromatic heterocycles. The molecule has 3 N–H and O–H groups in total. The first-order valence-electron chi connectivity index (χ1n) is 11.6. The van der Waals surface area contributed by atoms with Crippen molar-refractivity contribution in [3.05, 3.63) is 34.1 Å². The second-order valence-corrected chi connectivity index (χ2v) is 9.24. The average molecular weight is 523 g/mol. The van der Waals surface area contributed by atoms with Crippen LogP contribution in [0, 0.1) is 5.92 Å². The summed E-state index contributed by atoms with van der Waals surface area (Å²) in [4.78, 5) is 49.6. The highest BCUT2D eigenvalue weighted by molar-refractivity contribution is 6.37. The molecule has 1 aromatic carbocycles. The van der Waals surface area contributed by atoms with E-state index in [0.717, 1.165) is 25.3 Å². The number of amides is 2. The van der Waals surface area contributed by atoms with Crippen LogP contribution in [-0.2, 0) is 19.1 Å². The third kappa shape index (κ3) is 4.78. The maximum atomic E-state index is 13.7. The number of hydrazine groups is 1. The first-order valence-corrected chi connectivity index (χ1v) is 12.0. The van der Waals surface area contributed by atoms with Crippen molar-refractivity contribution in [3.8, 4) is 11.5 Å². The summed E-state index contributed by atoms with van der Waals surface area (Å²) in [5, 5.41) is 10.4. The summed E-state index contributed by atoms with van der Waals surface area (Å²) >= 11 is 6.48. The van der Waals surface area contributed by atoms with Crippen molar-refractivity contribution in [1.82, 2.24) is 10.9 Å². The zero-order chi connectivity index (χ0) is 26.0. The van der Waals surface area contributed by atoms with E-state index < -0.39 is 34.9 Å². The molecule has 36 heavy (non-hydrogen) atoms. The zero-order valence-corrected chi connectivity index (χ0v) is 20.6. The van der Waals surface area contributed by atoms with Gasteiger partial charge in [-0.3, -0.25) is 30.0 Å². The van der Waals surface area contributed by atoms with Crippen LogP contribution in [0.5, 0.6) is 11.5 Å². The molecule has 2 aliphatic heterocycles. The lowest BCUT2D eigenvalue weighted by molar-refractivity contribution is -0.165. The van der Waals surface area contributed by atoms with Gasteiger partial charge in [-0.25, -0.2) is 0 Å². The molecule has 1 aliphatic carbocycles. The van der Waals surface area contributed by atoms with E-state index >= 15 is 0 Å². The highest BCUT2D eigenvalue weighted by atomic mass is 35.5. The molecule has 1 aromatic rings. The first-order chi connectivity index (χ1) is 17.1. The predicted molar refractivity (Wildman–Crippen MR) is 125 cm³/mol. The fourth-order valence-electron chi connectivity index (χ4n) is 4.49. The fourth-order valence-corrected chi connectivity index (χ4v) is 4.76. The van der Waals surface area contributed by atoms with Gasteiger partial charge in [0.2, 0.25) is 17.3 Å². The number of hydrogen-bond donors (Lipinski definition) is 3. The fraction of sp³-hybridized carbons (Fsp3) is 0.500. The number of aliphatic hydroxyl groups excluding tert-OH is 1. The van der Waals surface area contributed by atoms with Gasteiger partial charge < -0.3 is 24.1 Å². The largest absolute Gasteiger partial charge is 0.507 e. The van der Waals surface area contributed by atoms with E-state index in [1.807, 2.05) is 0 Å². The van der Waals surface area contributed by atoms with Gasteiger partial charge in [0.25, 0.3) is 5.91 Å². The van der Waals surface area contributed by atoms with E-state index in [2.05, 4.69) is 10.9 Å². The number of ketones is 2. The van der Waals surface area contributed by atoms with Gasteiger partial charge >= 0.3 is 0 Å². The molecule has 3 aliphatic rings. The van der Waals surface area contributed by atoms with E-state index in [1.54, 1.807) is 6.92 Å². The number of rotatable bonds is 6. The Morgan fingerprint density at radius 2 is 2.03 bits per heavy atom. The van der Waals surface area contributed by atoms with Crippen LogP contribution in [-0.4, -0.2) is 60.2 Å². The Bertz CT molecular complexity index is 1130. The van der Waals surface area contributed by atoms with Crippen LogP contribution in [0.15, 0.2) is 17.9 Å². The number of benzene rings is 1. The van der Waals surface area contributed by atoms with Crippen LogP contribution < -0.4 is 20.3 Å². The van der Waals surface area contributed by atoms with E-state index in [1.165, 1.54) is 13.0 Å². The number of aliphatic hydroxyl groups is 1. The van der Waals surface area contributed by atoms with Crippen molar-refractivity contribution in [1.29, 1.82) is 0 Å². The summed E-state index contributed by atoms with van der Waals surface area (Å²) in [6, 6.07) is 1.26. The molecule has 1 spiro atoms. The molecule has 3 atom stereocenters. The minimum Gasteiger partial charge on any atom is -0.507 e. The first kappa shape index (κ1) is 25.9. The topological polar surface area (TPSA) is 149 Å². The average Bonchev–Trinajstić information content (AvgIpc) is 3.15. The van der Waals surface area contributed by atoms with Crippen molar-refractivity contribution in [3.63, 3.8) is 0 Å². The number of nitrogens with one attached hydrogen (secondary N) is 2. The lowest BCUT2D eigenvalue weighted by Crippen LogP contribution is -2.51. The van der Waals surface area contributed by atoms with Gasteiger partial charge in [0.15, 0.2) is 17.8 Å². The smallest absolute Gasteiger partial charge is 0.271 e. The second-order valence-electron chi connectivity index (χ2n) is 8.86. The maximum absolute atomic E-state index is 13.7. The molecule has 4 rings (SSSR count). The normalized spacial score (nSPS) is 25.1. The third-order valence-corrected chi connectivity index (χ3v) is 6.65. The molecule has 1 saturated heterocycles. The molecule has 1 fully saturated rings. The Labute approximate surface area is 212 Å². The monoisotopic (exact) mass is 522 g/mol. The van der Waals surface area contributed by atoms with E-state index in [4.69, 9.17) is 30.5 Å². The molecule has 0 bridgehead atoms. The minimum atomic E-state index is -1.88. The number of hydrogen-bond acceptors (Lipinski definition) is 9. The summed E-state index contributed by atoms with van der Waals surface area (Å²) in [6.45, 7) is 3.58. The number of Topliss-reactive ketones (excluding diaryl/α,β-unsaturated/α-hetero) is 1. The molecular formula is C24H27ClN2O9. The molecule has 12 heteroatoms. The minimum absolute atomic E-state index is 0.0107. The van der Waals surface area contributed by atoms with Gasteiger partial charge in [0.1, 0.15) is 23.7 Å². The molecule has 2 amide bonds. The summed E-state index contributed by atoms with van der Waals surface area (Å²) < 4.78 is 23.0. The summed E-state index contributed by atoms with van der Waals surface area (Å²) in [5.41, 5.74) is 2.30. The highest BCUT2D eigenvalue weighted by Gasteiger charge is 2.59. The lowest BCUT2D eigenvalue weighted by Gasteiger charge is -2.34. The van der Waals surface area contributed by atoms with Gasteiger partial charge in [-0.1, -0.05) is 18.5 Å². The molecule has 2 heterocycles. The van der Waals surface area contributed by atoms with Crippen LogP contribution in [0.2, 0.25) is 5.02 Å². The second kappa shape index (κ2) is 10.5. The standard InChI is InChI=1S/C24H27ClN2O9/c1-12-9-14(29)10-17(30)24(12)22(31)19-16(33-7-8-35-18-5-3-4-6-34-18)11-15(20(25)21(19)36-24)23(32)27-26-13(2)28/h10-12,18,30H,3-9H2,1-2H3,(H,26,28)(H,27,32)/t12-,18?,24+/m1/s1. The van der Waals surface area contributed by atoms with Crippen molar-refractivity contribution >= 4 is 35.0 Å². The number of carbonyl (C=O) groups is 4. The van der Waals surface area contributed by atoms with Gasteiger partial charge in [-0.05, 0) is 25.3 Å². The molecule has 194 valence electrons. The van der Waals surface area contributed by atoms with Crippen molar-refractivity contribution in [2.75, 3.05) is 19.8 Å². The third-order valence-electron chi connectivity index (χ3n) is 6.27. The number of carbonyl (C=O) groups excluding carboxylic acids is 4. The van der Waals surface area contributed by atoms with Crippen molar-refractivity contribution in [2.45, 2.75) is 51.4 Å². The van der Waals surface area contributed by atoms with Gasteiger partial charge in [0.05, 0.1) is 17.2 Å². The number of fused-ring (bicyclic) bond motifs is 1. The Hall–Kier alpha value is -3.15. The van der Waals surface area contributed by atoms with Crippen molar-refractivity contribution in [2.24, 2.45) is 5.92 Å². The van der Waals surface area contributed by atoms with Gasteiger partial charge in [-0.2, -0.15) is 0 Å². The van der Waals surface area contributed by atoms with Crippen LogP contribution in [0.25, 0.3) is 0 Å². The van der Waals surface area contributed by atoms with E-state index in [-0.39, 0.29) is 59.4 Å². The van der Waals surface area contributed by atoms with E-state index in [0.29, 0.717) is 6.61 Å². The van der Waals surface area contributed by atoms with Crippen molar-refractivity contribution < 1.29 is 43.2 Å².